The minimum atomic E-state index is -0.480. The van der Waals surface area contributed by atoms with Crippen LogP contribution in [-0.2, 0) is 16.0 Å². The normalized spacial score (nSPS) is 15.8. The highest BCUT2D eigenvalue weighted by Crippen LogP contribution is 2.16. The van der Waals surface area contributed by atoms with Crippen LogP contribution in [0.25, 0.3) is 0 Å². The summed E-state index contributed by atoms with van der Waals surface area (Å²) in [6, 6.07) is 1.66. The van der Waals surface area contributed by atoms with E-state index in [0.29, 0.717) is 12.1 Å². The molecule has 0 bridgehead atoms. The van der Waals surface area contributed by atoms with Crippen molar-refractivity contribution in [2.24, 2.45) is 5.73 Å². The molecule has 2 amide bonds. The number of nitrogens with two attached hydrogens (primary N) is 1. The van der Waals surface area contributed by atoms with Gasteiger partial charge in [0.15, 0.2) is 0 Å². The van der Waals surface area contributed by atoms with Gasteiger partial charge in [0.05, 0.1) is 25.2 Å². The van der Waals surface area contributed by atoms with E-state index in [1.54, 1.807) is 11.4 Å². The Labute approximate surface area is 128 Å². The highest BCUT2D eigenvalue weighted by molar-refractivity contribution is 7.10. The first kappa shape index (κ1) is 15.9. The van der Waals surface area contributed by atoms with Crippen LogP contribution in [0.4, 0.5) is 0 Å². The number of amides is 2. The van der Waals surface area contributed by atoms with Crippen molar-refractivity contribution in [3.05, 3.63) is 21.9 Å². The van der Waals surface area contributed by atoms with Crippen LogP contribution in [0, 0.1) is 0 Å². The summed E-state index contributed by atoms with van der Waals surface area (Å²) in [5.74, 6) is -0.548. The van der Waals surface area contributed by atoms with E-state index >= 15 is 0 Å². The number of primary amides is 1. The molecule has 1 fully saturated rings. The van der Waals surface area contributed by atoms with Crippen LogP contribution in [0.1, 0.15) is 21.7 Å². The molecule has 1 aromatic heterocycles. The summed E-state index contributed by atoms with van der Waals surface area (Å²) in [5.41, 5.74) is 5.71. The van der Waals surface area contributed by atoms with Crippen LogP contribution in [-0.4, -0.2) is 56.1 Å². The predicted molar refractivity (Wildman–Crippen MR) is 81.4 cm³/mol. The number of hydrogen-bond donors (Lipinski definition) is 2. The monoisotopic (exact) mass is 311 g/mol. The van der Waals surface area contributed by atoms with Crippen molar-refractivity contribution in [1.82, 2.24) is 10.2 Å². The first-order valence-electron chi connectivity index (χ1n) is 7.10. The zero-order chi connectivity index (χ0) is 15.1. The molecule has 0 aromatic carbocycles. The van der Waals surface area contributed by atoms with Crippen LogP contribution in [0.2, 0.25) is 0 Å². The molecule has 7 heteroatoms. The number of nitrogens with zero attached hydrogens (tertiary/aromatic N) is 1. The van der Waals surface area contributed by atoms with E-state index < -0.39 is 5.91 Å². The molecule has 2 rings (SSSR count). The van der Waals surface area contributed by atoms with Crippen molar-refractivity contribution in [2.45, 2.75) is 12.8 Å². The van der Waals surface area contributed by atoms with Crippen molar-refractivity contribution >= 4 is 23.2 Å². The van der Waals surface area contributed by atoms with Crippen molar-refractivity contribution in [3.8, 4) is 0 Å². The summed E-state index contributed by atoms with van der Waals surface area (Å²) >= 11 is 1.38. The summed E-state index contributed by atoms with van der Waals surface area (Å²) in [4.78, 5) is 26.1. The number of nitrogens with one attached hydrogen (secondary N) is 1. The standard InChI is InChI=1S/C14H21N3O3S/c15-14(19)11-2-9-21-12(11)10-13(18)16-3-1-4-17-5-7-20-8-6-17/h2,9H,1,3-8,10H2,(H2,15,19)(H,16,18). The quantitative estimate of drug-likeness (QED) is 0.706. The predicted octanol–water partition coefficient (Wildman–Crippen LogP) is 0.228. The van der Waals surface area contributed by atoms with Crippen molar-refractivity contribution in [1.29, 1.82) is 0 Å². The second kappa shape index (κ2) is 8.11. The first-order chi connectivity index (χ1) is 10.2. The summed E-state index contributed by atoms with van der Waals surface area (Å²) in [5, 5.41) is 4.66. The lowest BCUT2D eigenvalue weighted by Gasteiger charge is -2.26. The van der Waals surface area contributed by atoms with Gasteiger partial charge in [-0.25, -0.2) is 0 Å². The van der Waals surface area contributed by atoms with Gasteiger partial charge in [0, 0.05) is 24.5 Å². The van der Waals surface area contributed by atoms with Crippen molar-refractivity contribution in [2.75, 3.05) is 39.4 Å². The average molecular weight is 311 g/mol. The van der Waals surface area contributed by atoms with E-state index in [2.05, 4.69) is 10.2 Å². The third kappa shape index (κ3) is 5.11. The zero-order valence-corrected chi connectivity index (χ0v) is 12.8. The van der Waals surface area contributed by atoms with Gasteiger partial charge in [-0.1, -0.05) is 0 Å². The fourth-order valence-corrected chi connectivity index (χ4v) is 3.14. The molecule has 1 aliphatic heterocycles. The van der Waals surface area contributed by atoms with Crippen molar-refractivity contribution < 1.29 is 14.3 Å². The molecule has 0 saturated carbocycles. The molecule has 0 aliphatic carbocycles. The third-order valence-corrected chi connectivity index (χ3v) is 4.33. The van der Waals surface area contributed by atoms with Gasteiger partial charge < -0.3 is 15.8 Å². The molecule has 2 heterocycles. The summed E-state index contributed by atoms with van der Waals surface area (Å²) in [6.07, 6.45) is 1.13. The van der Waals surface area contributed by atoms with E-state index in [1.165, 1.54) is 11.3 Å². The maximum absolute atomic E-state index is 11.8. The smallest absolute Gasteiger partial charge is 0.249 e. The largest absolute Gasteiger partial charge is 0.379 e. The molecule has 1 aromatic rings. The second-order valence-corrected chi connectivity index (χ2v) is 5.96. The third-order valence-electron chi connectivity index (χ3n) is 3.41. The van der Waals surface area contributed by atoms with E-state index in [9.17, 15) is 9.59 Å². The summed E-state index contributed by atoms with van der Waals surface area (Å²) < 4.78 is 5.29. The Balaban J connectivity index is 1.65. The number of hydrogen-bond acceptors (Lipinski definition) is 5. The van der Waals surface area contributed by atoms with E-state index in [0.717, 1.165) is 44.1 Å². The van der Waals surface area contributed by atoms with Crippen LogP contribution in [0.5, 0.6) is 0 Å². The lowest BCUT2D eigenvalue weighted by Crippen LogP contribution is -2.38. The Morgan fingerprint density at radius 3 is 2.86 bits per heavy atom. The molecular weight excluding hydrogens is 290 g/mol. The average Bonchev–Trinajstić information content (AvgIpc) is 2.93. The minimum Gasteiger partial charge on any atom is -0.379 e. The number of ether oxygens (including phenoxy) is 1. The highest BCUT2D eigenvalue weighted by atomic mass is 32.1. The Bertz CT molecular complexity index is 484. The van der Waals surface area contributed by atoms with Crippen LogP contribution in [0.3, 0.4) is 0 Å². The number of carbonyl (C=O) groups excluding carboxylic acids is 2. The molecule has 3 N–H and O–H groups in total. The number of morpholine rings is 1. The van der Waals surface area contributed by atoms with Gasteiger partial charge in [0.2, 0.25) is 11.8 Å². The van der Waals surface area contributed by atoms with Crippen LogP contribution >= 0.6 is 11.3 Å². The van der Waals surface area contributed by atoms with Gasteiger partial charge in [0.1, 0.15) is 0 Å². The van der Waals surface area contributed by atoms with Gasteiger partial charge in [-0.05, 0) is 24.4 Å². The molecule has 116 valence electrons. The van der Waals surface area contributed by atoms with Gasteiger partial charge in [-0.15, -0.1) is 11.3 Å². The Hall–Kier alpha value is -1.44. The molecule has 0 spiro atoms. The van der Waals surface area contributed by atoms with Gasteiger partial charge >= 0.3 is 0 Å². The Kier molecular flexibility index (Phi) is 6.16. The van der Waals surface area contributed by atoms with Crippen molar-refractivity contribution in [3.63, 3.8) is 0 Å². The summed E-state index contributed by atoms with van der Waals surface area (Å²) in [6.45, 7) is 5.13. The highest BCUT2D eigenvalue weighted by Gasteiger charge is 2.13. The minimum absolute atomic E-state index is 0.0677. The second-order valence-electron chi connectivity index (χ2n) is 4.96. The first-order valence-corrected chi connectivity index (χ1v) is 7.98. The SMILES string of the molecule is NC(=O)c1ccsc1CC(=O)NCCCN1CCOCC1. The van der Waals surface area contributed by atoms with E-state index in [4.69, 9.17) is 10.5 Å². The zero-order valence-electron chi connectivity index (χ0n) is 12.0. The van der Waals surface area contributed by atoms with Crippen LogP contribution in [0.15, 0.2) is 11.4 Å². The van der Waals surface area contributed by atoms with Crippen LogP contribution < -0.4 is 11.1 Å². The Morgan fingerprint density at radius 1 is 1.38 bits per heavy atom. The molecule has 0 unspecified atom stereocenters. The lowest BCUT2D eigenvalue weighted by molar-refractivity contribution is -0.120. The molecule has 1 aliphatic rings. The molecule has 0 atom stereocenters. The number of rotatable bonds is 7. The van der Waals surface area contributed by atoms with Gasteiger partial charge in [-0.2, -0.15) is 0 Å². The topological polar surface area (TPSA) is 84.7 Å². The molecule has 1 saturated heterocycles. The maximum Gasteiger partial charge on any atom is 0.249 e. The summed E-state index contributed by atoms with van der Waals surface area (Å²) in [7, 11) is 0. The molecule has 21 heavy (non-hydrogen) atoms. The fraction of sp³-hybridized carbons (Fsp3) is 0.571. The number of thiophene rings is 1. The fourth-order valence-electron chi connectivity index (χ4n) is 2.26. The van der Waals surface area contributed by atoms with E-state index in [-0.39, 0.29) is 12.3 Å². The molecule has 0 radical (unpaired) electrons. The maximum atomic E-state index is 11.8. The van der Waals surface area contributed by atoms with Gasteiger partial charge in [-0.3, -0.25) is 14.5 Å². The van der Waals surface area contributed by atoms with Gasteiger partial charge in [0.25, 0.3) is 0 Å². The van der Waals surface area contributed by atoms with E-state index in [1.807, 2.05) is 0 Å². The molecule has 6 nitrogen and oxygen atoms in total. The lowest BCUT2D eigenvalue weighted by atomic mass is 10.2. The number of carbonyl (C=O) groups is 2. The molecular formula is C14H21N3O3S. The Morgan fingerprint density at radius 2 is 2.14 bits per heavy atom.